The van der Waals surface area contributed by atoms with Gasteiger partial charge in [0.2, 0.25) is 11.6 Å². The first kappa shape index (κ1) is 18.2. The number of Topliss-reactive ketones (excluding diaryl/α,β-unsaturated/α-hetero) is 2. The van der Waals surface area contributed by atoms with E-state index < -0.39 is 11.6 Å². The standard InChI is InChI=1S/C20H16Cl2N2O2/c1-23(13-9-5-3-6-10-13)17-15(21)20(26)18(16(22)19(17)25)24(2)14-11-7-4-8-12-14/h3-12H,1-2H3. The van der Waals surface area contributed by atoms with Crippen molar-refractivity contribution >= 4 is 46.1 Å². The maximum Gasteiger partial charge on any atom is 0.224 e. The third-order valence-corrected chi connectivity index (χ3v) is 4.90. The molecule has 0 spiro atoms. The zero-order chi connectivity index (χ0) is 18.8. The number of allylic oxidation sites excluding steroid dienone is 2. The number of anilines is 2. The van der Waals surface area contributed by atoms with E-state index in [0.29, 0.717) is 0 Å². The summed E-state index contributed by atoms with van der Waals surface area (Å²) in [5, 5.41) is -0.299. The minimum absolute atomic E-state index is 0.0677. The lowest BCUT2D eigenvalue weighted by atomic mass is 10.0. The van der Waals surface area contributed by atoms with E-state index in [4.69, 9.17) is 23.2 Å². The van der Waals surface area contributed by atoms with Crippen LogP contribution in [0.2, 0.25) is 0 Å². The highest BCUT2D eigenvalue weighted by Gasteiger charge is 2.37. The van der Waals surface area contributed by atoms with E-state index in [1.165, 1.54) is 0 Å². The first-order valence-electron chi connectivity index (χ1n) is 7.90. The van der Waals surface area contributed by atoms with E-state index in [-0.39, 0.29) is 21.5 Å². The SMILES string of the molecule is CN(C1=C(Cl)C(=O)C(N(C)c2ccccc2)=C(Cl)C1=O)c1ccccc1. The lowest BCUT2D eigenvalue weighted by Gasteiger charge is -2.29. The number of carbonyl (C=O) groups is 2. The average Bonchev–Trinajstić information content (AvgIpc) is 2.68. The Bertz CT molecular complexity index is 844. The van der Waals surface area contributed by atoms with Gasteiger partial charge in [-0.3, -0.25) is 9.59 Å². The molecule has 0 radical (unpaired) electrons. The van der Waals surface area contributed by atoms with Gasteiger partial charge in [0.1, 0.15) is 21.5 Å². The molecule has 2 aromatic carbocycles. The number of likely N-dealkylation sites (N-methyl/N-ethyl adjacent to an activating group) is 2. The van der Waals surface area contributed by atoms with E-state index in [1.54, 1.807) is 23.9 Å². The summed E-state index contributed by atoms with van der Waals surface area (Å²) in [4.78, 5) is 28.9. The smallest absolute Gasteiger partial charge is 0.224 e. The van der Waals surface area contributed by atoms with E-state index >= 15 is 0 Å². The number of hydrogen-bond acceptors (Lipinski definition) is 4. The van der Waals surface area contributed by atoms with E-state index in [9.17, 15) is 9.59 Å². The number of para-hydroxylation sites is 2. The quantitative estimate of drug-likeness (QED) is 0.733. The second kappa shape index (κ2) is 7.36. The van der Waals surface area contributed by atoms with Crippen LogP contribution in [0, 0.1) is 0 Å². The van der Waals surface area contributed by atoms with Gasteiger partial charge >= 0.3 is 0 Å². The molecule has 0 aromatic heterocycles. The molecule has 0 unspecified atom stereocenters. The van der Waals surface area contributed by atoms with E-state index in [1.807, 2.05) is 60.7 Å². The zero-order valence-corrected chi connectivity index (χ0v) is 15.8. The van der Waals surface area contributed by atoms with Gasteiger partial charge in [-0.2, -0.15) is 0 Å². The summed E-state index contributed by atoms with van der Waals surface area (Å²) in [6, 6.07) is 18.3. The molecule has 6 heteroatoms. The summed E-state index contributed by atoms with van der Waals surface area (Å²) in [7, 11) is 3.35. The fraction of sp³-hybridized carbons (Fsp3) is 0.100. The molecule has 0 amide bonds. The Morgan fingerprint density at radius 1 is 0.615 bits per heavy atom. The second-order valence-electron chi connectivity index (χ2n) is 5.77. The van der Waals surface area contributed by atoms with Crippen LogP contribution in [0.15, 0.2) is 82.1 Å². The van der Waals surface area contributed by atoms with Gasteiger partial charge in [-0.05, 0) is 24.3 Å². The predicted molar refractivity (Wildman–Crippen MR) is 105 cm³/mol. The molecule has 4 nitrogen and oxygen atoms in total. The van der Waals surface area contributed by atoms with Crippen LogP contribution in [-0.4, -0.2) is 25.7 Å². The Morgan fingerprint density at radius 3 is 1.23 bits per heavy atom. The Morgan fingerprint density at radius 2 is 0.923 bits per heavy atom. The molecule has 26 heavy (non-hydrogen) atoms. The average molecular weight is 387 g/mol. The molecule has 132 valence electrons. The number of benzene rings is 2. The maximum atomic E-state index is 12.9. The van der Waals surface area contributed by atoms with Gasteiger partial charge in [0.05, 0.1) is 0 Å². The predicted octanol–water partition coefficient (Wildman–Crippen LogP) is 4.31. The molecule has 1 aliphatic carbocycles. The molecule has 0 aliphatic heterocycles. The molecule has 0 heterocycles. The number of rotatable bonds is 4. The van der Waals surface area contributed by atoms with Gasteiger partial charge in [0, 0.05) is 25.5 Å². The molecule has 0 saturated heterocycles. The first-order chi connectivity index (χ1) is 12.4. The molecule has 0 N–H and O–H groups in total. The van der Waals surface area contributed by atoms with Gasteiger partial charge in [-0.15, -0.1) is 0 Å². The molecule has 3 rings (SSSR count). The molecule has 0 bridgehead atoms. The van der Waals surface area contributed by atoms with Crippen molar-refractivity contribution in [2.24, 2.45) is 0 Å². The Labute approximate surface area is 161 Å². The fourth-order valence-corrected chi connectivity index (χ4v) is 3.39. The molecular formula is C20H16Cl2N2O2. The van der Waals surface area contributed by atoms with Gasteiger partial charge < -0.3 is 9.80 Å². The van der Waals surface area contributed by atoms with E-state index in [2.05, 4.69) is 0 Å². The van der Waals surface area contributed by atoms with Crippen LogP contribution < -0.4 is 9.80 Å². The largest absolute Gasteiger partial charge is 0.340 e. The Kier molecular flexibility index (Phi) is 5.16. The third-order valence-electron chi connectivity index (χ3n) is 4.20. The fourth-order valence-electron chi connectivity index (χ4n) is 2.78. The summed E-state index contributed by atoms with van der Waals surface area (Å²) in [6.07, 6.45) is 0. The molecule has 0 fully saturated rings. The lowest BCUT2D eigenvalue weighted by molar-refractivity contribution is -0.115. The van der Waals surface area contributed by atoms with E-state index in [0.717, 1.165) is 11.4 Å². The highest BCUT2D eigenvalue weighted by Crippen LogP contribution is 2.35. The topological polar surface area (TPSA) is 40.6 Å². The van der Waals surface area contributed by atoms with Crippen molar-refractivity contribution in [3.63, 3.8) is 0 Å². The Hall–Kier alpha value is -2.56. The van der Waals surface area contributed by atoms with Crippen LogP contribution in [-0.2, 0) is 9.59 Å². The van der Waals surface area contributed by atoms with Crippen LogP contribution >= 0.6 is 23.2 Å². The van der Waals surface area contributed by atoms with Gasteiger partial charge in [0.25, 0.3) is 0 Å². The van der Waals surface area contributed by atoms with Crippen molar-refractivity contribution in [3.8, 4) is 0 Å². The van der Waals surface area contributed by atoms with Crippen molar-refractivity contribution in [2.75, 3.05) is 23.9 Å². The van der Waals surface area contributed by atoms with Crippen molar-refractivity contribution in [3.05, 3.63) is 82.1 Å². The maximum absolute atomic E-state index is 12.9. The molecule has 1 aliphatic rings. The van der Waals surface area contributed by atoms with Crippen molar-refractivity contribution in [2.45, 2.75) is 0 Å². The minimum atomic E-state index is -0.486. The summed E-state index contributed by atoms with van der Waals surface area (Å²) in [6.45, 7) is 0. The minimum Gasteiger partial charge on any atom is -0.340 e. The van der Waals surface area contributed by atoms with Gasteiger partial charge in [-0.25, -0.2) is 0 Å². The second-order valence-corrected chi connectivity index (χ2v) is 6.53. The summed E-state index contributed by atoms with van der Waals surface area (Å²) in [5.41, 5.74) is 1.59. The number of carbonyl (C=O) groups excluding carboxylic acids is 2. The highest BCUT2D eigenvalue weighted by molar-refractivity contribution is 6.56. The summed E-state index contributed by atoms with van der Waals surface area (Å²) >= 11 is 12.6. The molecule has 0 atom stereocenters. The summed E-state index contributed by atoms with van der Waals surface area (Å²) in [5.74, 6) is -0.971. The normalized spacial score (nSPS) is 14.8. The highest BCUT2D eigenvalue weighted by atomic mass is 35.5. The number of halogens is 2. The van der Waals surface area contributed by atoms with Gasteiger partial charge in [0.15, 0.2) is 0 Å². The first-order valence-corrected chi connectivity index (χ1v) is 8.65. The lowest BCUT2D eigenvalue weighted by Crippen LogP contribution is -2.35. The van der Waals surface area contributed by atoms with Crippen LogP contribution in [0.4, 0.5) is 11.4 Å². The van der Waals surface area contributed by atoms with Crippen molar-refractivity contribution in [1.82, 2.24) is 0 Å². The van der Waals surface area contributed by atoms with Crippen LogP contribution in [0.25, 0.3) is 0 Å². The summed E-state index contributed by atoms with van der Waals surface area (Å²) < 4.78 is 0. The van der Waals surface area contributed by atoms with Gasteiger partial charge in [-0.1, -0.05) is 59.6 Å². The zero-order valence-electron chi connectivity index (χ0n) is 14.2. The number of nitrogens with zero attached hydrogens (tertiary/aromatic N) is 2. The molecule has 0 saturated carbocycles. The van der Waals surface area contributed by atoms with Crippen LogP contribution in [0.5, 0.6) is 0 Å². The van der Waals surface area contributed by atoms with Crippen molar-refractivity contribution < 1.29 is 9.59 Å². The molecule has 2 aromatic rings. The number of hydrogen-bond donors (Lipinski definition) is 0. The number of ketones is 2. The third kappa shape index (κ3) is 3.14. The van der Waals surface area contributed by atoms with Crippen LogP contribution in [0.3, 0.4) is 0 Å². The van der Waals surface area contributed by atoms with Crippen LogP contribution in [0.1, 0.15) is 0 Å². The molecular weight excluding hydrogens is 371 g/mol. The van der Waals surface area contributed by atoms with Crippen molar-refractivity contribution in [1.29, 1.82) is 0 Å². The Balaban J connectivity index is 2.03. The monoisotopic (exact) mass is 386 g/mol.